The van der Waals surface area contributed by atoms with E-state index in [1.807, 2.05) is 60.7 Å². The summed E-state index contributed by atoms with van der Waals surface area (Å²) in [6, 6.07) is 62.3. The normalized spacial score (nSPS) is 13.1. The molecule has 6 aromatic rings. The minimum atomic E-state index is -3.68. The van der Waals surface area contributed by atoms with E-state index in [9.17, 15) is 0 Å². The zero-order valence-electron chi connectivity index (χ0n) is 33.8. The Labute approximate surface area is 340 Å². The maximum atomic E-state index is 7.84. The van der Waals surface area contributed by atoms with Crippen molar-refractivity contribution < 1.29 is 25.0 Å². The molecule has 0 bridgehead atoms. The standard InChI is InChI=1S/C44H54O6Si6/c1-45-54(39-27-15-9-16-28-39,40-29-17-10-18-30-40)47-52(5,6)49-56(43-35-23-13-24-36-43,44-37-25-14-26-38-44)50-53(7,8)48-55(46-51(2,3)4,41-31-19-11-20-32-41)42-33-21-12-22-34-42/h9-38H,1-8H3. The van der Waals surface area contributed by atoms with Crippen LogP contribution in [0.2, 0.25) is 45.8 Å². The molecule has 0 saturated heterocycles. The van der Waals surface area contributed by atoms with Crippen LogP contribution in [0.3, 0.4) is 0 Å². The molecule has 0 atom stereocenters. The first-order valence-electron chi connectivity index (χ1n) is 19.1. The summed E-state index contributed by atoms with van der Waals surface area (Å²) in [5.74, 6) is 0. The van der Waals surface area contributed by atoms with E-state index in [2.05, 4.69) is 167 Å². The lowest BCUT2D eigenvalue weighted by atomic mass is 10.4. The van der Waals surface area contributed by atoms with Gasteiger partial charge in [-0.05, 0) is 76.9 Å². The highest BCUT2D eigenvalue weighted by molar-refractivity contribution is 7.06. The molecular weight excluding hydrogens is 793 g/mol. The topological polar surface area (TPSA) is 55.4 Å². The SMILES string of the molecule is CO[Si](O[Si](C)(C)O[Si](O[Si](C)(C)O[Si](O[Si](C)(C)C)(c1ccccc1)c1ccccc1)(c1ccccc1)c1ccccc1)(c1ccccc1)c1ccccc1. The van der Waals surface area contributed by atoms with Crippen LogP contribution in [0.5, 0.6) is 0 Å². The lowest BCUT2D eigenvalue weighted by molar-refractivity contribution is 0.269. The first-order chi connectivity index (χ1) is 26.7. The Hall–Kier alpha value is -3.62. The van der Waals surface area contributed by atoms with Gasteiger partial charge in [-0.25, -0.2) is 0 Å². The summed E-state index contributed by atoms with van der Waals surface area (Å²) in [6.07, 6.45) is 0. The van der Waals surface area contributed by atoms with Crippen LogP contribution < -0.4 is 31.1 Å². The molecule has 290 valence electrons. The van der Waals surface area contributed by atoms with Crippen LogP contribution >= 0.6 is 0 Å². The first kappa shape index (κ1) is 42.0. The third-order valence-electron chi connectivity index (χ3n) is 9.22. The molecular formula is C44H54O6Si6. The molecule has 0 fully saturated rings. The molecule has 0 amide bonds. The molecule has 0 spiro atoms. The molecule has 6 rings (SSSR count). The van der Waals surface area contributed by atoms with Crippen molar-refractivity contribution in [1.29, 1.82) is 0 Å². The zero-order valence-corrected chi connectivity index (χ0v) is 39.8. The number of rotatable bonds is 17. The number of hydrogen-bond donors (Lipinski definition) is 0. The molecule has 0 N–H and O–H groups in total. The lowest BCUT2D eigenvalue weighted by Crippen LogP contribution is -2.76. The van der Waals surface area contributed by atoms with Crippen LogP contribution in [0, 0.1) is 0 Å². The monoisotopic (exact) mass is 846 g/mol. The van der Waals surface area contributed by atoms with Gasteiger partial charge in [0.2, 0.25) is 0 Å². The van der Waals surface area contributed by atoms with Crippen molar-refractivity contribution in [3.8, 4) is 0 Å². The molecule has 0 aromatic heterocycles. The molecule has 6 nitrogen and oxygen atoms in total. The van der Waals surface area contributed by atoms with E-state index in [0.29, 0.717) is 0 Å². The van der Waals surface area contributed by atoms with Gasteiger partial charge >= 0.3 is 42.8 Å². The fraction of sp³-hybridized carbons (Fsp3) is 0.182. The highest BCUT2D eigenvalue weighted by Gasteiger charge is 2.58. The smallest absolute Gasteiger partial charge is 0.398 e. The fourth-order valence-corrected chi connectivity index (χ4v) is 34.2. The van der Waals surface area contributed by atoms with Gasteiger partial charge in [0, 0.05) is 7.11 Å². The Morgan fingerprint density at radius 3 is 0.679 bits per heavy atom. The Morgan fingerprint density at radius 2 is 0.464 bits per heavy atom. The molecule has 0 aliphatic rings. The molecule has 0 aliphatic heterocycles. The molecule has 6 aromatic carbocycles. The van der Waals surface area contributed by atoms with Crippen molar-refractivity contribution in [3.63, 3.8) is 0 Å². The van der Waals surface area contributed by atoms with Crippen LogP contribution in [0.1, 0.15) is 0 Å². The van der Waals surface area contributed by atoms with E-state index < -0.39 is 51.1 Å². The number of benzene rings is 6. The second-order valence-electron chi connectivity index (χ2n) is 15.7. The van der Waals surface area contributed by atoms with Gasteiger partial charge in [0.25, 0.3) is 0 Å². The van der Waals surface area contributed by atoms with Gasteiger partial charge in [-0.15, -0.1) is 0 Å². The summed E-state index contributed by atoms with van der Waals surface area (Å²) in [5, 5.41) is 6.06. The maximum Gasteiger partial charge on any atom is 0.398 e. The zero-order chi connectivity index (χ0) is 39.9. The van der Waals surface area contributed by atoms with Gasteiger partial charge in [0.05, 0.1) is 0 Å². The summed E-state index contributed by atoms with van der Waals surface area (Å²) in [6.45, 7) is 15.2. The van der Waals surface area contributed by atoms with Crippen molar-refractivity contribution in [2.75, 3.05) is 7.11 Å². The minimum absolute atomic E-state index is 0.974. The average Bonchev–Trinajstić information content (AvgIpc) is 3.20. The predicted molar refractivity (Wildman–Crippen MR) is 244 cm³/mol. The summed E-state index contributed by atoms with van der Waals surface area (Å²) in [5.41, 5.74) is 0. The molecule has 56 heavy (non-hydrogen) atoms. The minimum Gasteiger partial charge on any atom is -0.430 e. The van der Waals surface area contributed by atoms with Crippen LogP contribution in [-0.4, -0.2) is 58.2 Å². The Bertz CT molecular complexity index is 1990. The van der Waals surface area contributed by atoms with Gasteiger partial charge < -0.3 is 25.0 Å². The average molecular weight is 847 g/mol. The summed E-state index contributed by atoms with van der Waals surface area (Å²) in [7, 11) is -17.3. The van der Waals surface area contributed by atoms with Crippen LogP contribution in [-0.2, 0) is 25.0 Å². The van der Waals surface area contributed by atoms with Gasteiger partial charge in [-0.3, -0.25) is 0 Å². The van der Waals surface area contributed by atoms with Crippen LogP contribution in [0.15, 0.2) is 182 Å². The molecule has 0 unspecified atom stereocenters. The quantitative estimate of drug-likeness (QED) is 0.0952. The van der Waals surface area contributed by atoms with E-state index in [0.717, 1.165) is 31.1 Å². The first-order valence-corrected chi connectivity index (χ1v) is 33.6. The molecule has 0 heterocycles. The predicted octanol–water partition coefficient (Wildman–Crippen LogP) is 6.72. The van der Waals surface area contributed by atoms with E-state index in [4.69, 9.17) is 25.0 Å². The van der Waals surface area contributed by atoms with Gasteiger partial charge in [-0.1, -0.05) is 182 Å². The Balaban J connectivity index is 1.53. The second kappa shape index (κ2) is 17.5. The van der Waals surface area contributed by atoms with E-state index in [1.54, 1.807) is 7.11 Å². The molecule has 0 saturated carbocycles. The Morgan fingerprint density at radius 1 is 0.268 bits per heavy atom. The van der Waals surface area contributed by atoms with E-state index in [-0.39, 0.29) is 0 Å². The molecule has 0 aliphatic carbocycles. The summed E-state index contributed by atoms with van der Waals surface area (Å²) >= 11 is 0. The molecule has 0 radical (unpaired) electrons. The Kier molecular flexibility index (Phi) is 13.1. The number of hydrogen-bond acceptors (Lipinski definition) is 6. The highest BCUT2D eigenvalue weighted by Crippen LogP contribution is 2.29. The second-order valence-corrected chi connectivity index (χ2v) is 37.2. The largest absolute Gasteiger partial charge is 0.430 e. The van der Waals surface area contributed by atoms with Crippen molar-refractivity contribution in [2.24, 2.45) is 0 Å². The van der Waals surface area contributed by atoms with Crippen molar-refractivity contribution in [2.45, 2.75) is 45.8 Å². The summed E-state index contributed by atoms with van der Waals surface area (Å²) in [4.78, 5) is 0. The third kappa shape index (κ3) is 9.56. The fourth-order valence-electron chi connectivity index (χ4n) is 7.21. The summed E-state index contributed by atoms with van der Waals surface area (Å²) < 4.78 is 44.9. The van der Waals surface area contributed by atoms with Gasteiger partial charge in [0.1, 0.15) is 0 Å². The van der Waals surface area contributed by atoms with Crippen molar-refractivity contribution in [3.05, 3.63) is 182 Å². The van der Waals surface area contributed by atoms with Crippen LogP contribution in [0.25, 0.3) is 0 Å². The van der Waals surface area contributed by atoms with Gasteiger partial charge in [-0.2, -0.15) is 0 Å². The lowest BCUT2D eigenvalue weighted by Gasteiger charge is -2.47. The van der Waals surface area contributed by atoms with E-state index >= 15 is 0 Å². The van der Waals surface area contributed by atoms with Crippen LogP contribution in [0.4, 0.5) is 0 Å². The van der Waals surface area contributed by atoms with E-state index in [1.165, 1.54) is 0 Å². The third-order valence-corrected chi connectivity index (χ3v) is 32.4. The molecule has 12 heteroatoms. The van der Waals surface area contributed by atoms with Gasteiger partial charge in [0.15, 0.2) is 8.32 Å². The highest BCUT2D eigenvalue weighted by atomic mass is 28.5. The van der Waals surface area contributed by atoms with Crippen molar-refractivity contribution in [1.82, 2.24) is 0 Å². The maximum absolute atomic E-state index is 7.84. The van der Waals surface area contributed by atoms with Crippen molar-refractivity contribution >= 4 is 82.2 Å².